The highest BCUT2D eigenvalue weighted by Gasteiger charge is 2.06. The smallest absolute Gasteiger partial charge is 0.306 e. The minimum atomic E-state index is -0.223. The van der Waals surface area contributed by atoms with Gasteiger partial charge in [0, 0.05) is 6.54 Å². The monoisotopic (exact) mass is 184 g/mol. The molecule has 0 bridgehead atoms. The highest BCUT2D eigenvalue weighted by Crippen LogP contribution is 1.94. The summed E-state index contributed by atoms with van der Waals surface area (Å²) in [4.78, 5) is 12.7. The molecule has 4 nitrogen and oxygen atoms in total. The number of ether oxygens (including phenoxy) is 1. The number of nitriles is 1. The first-order chi connectivity index (χ1) is 6.24. The van der Waals surface area contributed by atoms with Gasteiger partial charge in [0.1, 0.15) is 0 Å². The van der Waals surface area contributed by atoms with Gasteiger partial charge in [-0.3, -0.25) is 9.69 Å². The van der Waals surface area contributed by atoms with Crippen LogP contribution in [-0.2, 0) is 9.53 Å². The molecule has 0 saturated carbocycles. The van der Waals surface area contributed by atoms with Gasteiger partial charge >= 0.3 is 5.97 Å². The van der Waals surface area contributed by atoms with E-state index in [-0.39, 0.29) is 5.97 Å². The Bertz CT molecular complexity index is 187. The summed E-state index contributed by atoms with van der Waals surface area (Å²) in [5, 5.41) is 8.48. The Morgan fingerprint density at radius 1 is 1.54 bits per heavy atom. The first kappa shape index (κ1) is 11.9. The summed E-state index contributed by atoms with van der Waals surface area (Å²) < 4.78 is 4.51. The molecule has 0 unspecified atom stereocenters. The third-order valence-electron chi connectivity index (χ3n) is 1.69. The van der Waals surface area contributed by atoms with Crippen LogP contribution in [0.25, 0.3) is 0 Å². The van der Waals surface area contributed by atoms with Gasteiger partial charge in [-0.1, -0.05) is 6.92 Å². The second kappa shape index (κ2) is 7.56. The largest absolute Gasteiger partial charge is 0.469 e. The Hall–Kier alpha value is -1.08. The van der Waals surface area contributed by atoms with Crippen LogP contribution in [0.3, 0.4) is 0 Å². The van der Waals surface area contributed by atoms with E-state index in [9.17, 15) is 4.79 Å². The number of carbonyl (C=O) groups excluding carboxylic acids is 1. The number of hydrogen-bond acceptors (Lipinski definition) is 4. The molecule has 0 N–H and O–H groups in total. The van der Waals surface area contributed by atoms with E-state index in [1.165, 1.54) is 7.11 Å². The van der Waals surface area contributed by atoms with Crippen LogP contribution in [0.5, 0.6) is 0 Å². The lowest BCUT2D eigenvalue weighted by Crippen LogP contribution is -2.27. The van der Waals surface area contributed by atoms with Crippen LogP contribution in [0.2, 0.25) is 0 Å². The zero-order valence-corrected chi connectivity index (χ0v) is 8.25. The standard InChI is InChI=1S/C9H16N2O2/c1-3-6-11(8-5-10)7-4-9(12)13-2/h3-4,6-8H2,1-2H3. The molecule has 0 rings (SSSR count). The van der Waals surface area contributed by atoms with E-state index in [4.69, 9.17) is 5.26 Å². The molecule has 0 aliphatic rings. The Morgan fingerprint density at radius 3 is 2.69 bits per heavy atom. The van der Waals surface area contributed by atoms with Gasteiger partial charge in [-0.15, -0.1) is 0 Å². The van der Waals surface area contributed by atoms with Crippen LogP contribution in [0.4, 0.5) is 0 Å². The molecule has 0 aliphatic heterocycles. The molecule has 0 radical (unpaired) electrons. The average Bonchev–Trinajstić information content (AvgIpc) is 2.14. The van der Waals surface area contributed by atoms with E-state index in [0.29, 0.717) is 19.5 Å². The second-order valence-electron chi connectivity index (χ2n) is 2.76. The molecular weight excluding hydrogens is 168 g/mol. The number of carbonyl (C=O) groups is 1. The highest BCUT2D eigenvalue weighted by atomic mass is 16.5. The van der Waals surface area contributed by atoms with Crippen LogP contribution in [-0.4, -0.2) is 37.6 Å². The van der Waals surface area contributed by atoms with Crippen LogP contribution >= 0.6 is 0 Å². The van der Waals surface area contributed by atoms with Crippen LogP contribution in [0.1, 0.15) is 19.8 Å². The molecule has 74 valence electrons. The van der Waals surface area contributed by atoms with Gasteiger partial charge < -0.3 is 4.74 Å². The lowest BCUT2D eigenvalue weighted by Gasteiger charge is -2.16. The zero-order chi connectivity index (χ0) is 10.1. The van der Waals surface area contributed by atoms with E-state index in [0.717, 1.165) is 13.0 Å². The maximum atomic E-state index is 10.8. The van der Waals surface area contributed by atoms with Crippen LogP contribution in [0, 0.1) is 11.3 Å². The summed E-state index contributed by atoms with van der Waals surface area (Å²) in [6.45, 7) is 3.88. The van der Waals surface area contributed by atoms with E-state index in [2.05, 4.69) is 10.8 Å². The lowest BCUT2D eigenvalue weighted by atomic mass is 10.3. The number of rotatable bonds is 6. The fourth-order valence-corrected chi connectivity index (χ4v) is 1.04. The summed E-state index contributed by atoms with van der Waals surface area (Å²) in [7, 11) is 1.37. The number of nitrogens with zero attached hydrogens (tertiary/aromatic N) is 2. The molecule has 0 aromatic heterocycles. The van der Waals surface area contributed by atoms with Crippen LogP contribution < -0.4 is 0 Å². The van der Waals surface area contributed by atoms with Crippen molar-refractivity contribution in [3.8, 4) is 6.07 Å². The van der Waals surface area contributed by atoms with Gasteiger partial charge in [0.2, 0.25) is 0 Å². The second-order valence-corrected chi connectivity index (χ2v) is 2.76. The first-order valence-corrected chi connectivity index (χ1v) is 4.40. The highest BCUT2D eigenvalue weighted by molar-refractivity contribution is 5.69. The molecule has 0 aromatic carbocycles. The van der Waals surface area contributed by atoms with Crippen molar-refractivity contribution in [3.63, 3.8) is 0 Å². The predicted molar refractivity (Wildman–Crippen MR) is 49.0 cm³/mol. The van der Waals surface area contributed by atoms with Gasteiger partial charge in [0.05, 0.1) is 26.1 Å². The SMILES string of the molecule is CCCN(CC#N)CCC(=O)OC. The third kappa shape index (κ3) is 6.12. The van der Waals surface area contributed by atoms with Crippen molar-refractivity contribution in [2.75, 3.05) is 26.7 Å². The Labute approximate surface area is 79.1 Å². The van der Waals surface area contributed by atoms with Gasteiger partial charge in [0.25, 0.3) is 0 Å². The lowest BCUT2D eigenvalue weighted by molar-refractivity contribution is -0.140. The van der Waals surface area contributed by atoms with Crippen molar-refractivity contribution in [2.45, 2.75) is 19.8 Å². The summed E-state index contributed by atoms with van der Waals surface area (Å²) in [6.07, 6.45) is 1.35. The van der Waals surface area contributed by atoms with Crippen molar-refractivity contribution in [1.82, 2.24) is 4.90 Å². The summed E-state index contributed by atoms with van der Waals surface area (Å²) in [6, 6.07) is 2.07. The Morgan fingerprint density at radius 2 is 2.23 bits per heavy atom. The molecule has 0 aliphatic carbocycles. The first-order valence-electron chi connectivity index (χ1n) is 4.40. The number of esters is 1. The molecule has 0 saturated heterocycles. The minimum absolute atomic E-state index is 0.223. The van der Waals surface area contributed by atoms with E-state index < -0.39 is 0 Å². The summed E-state index contributed by atoms with van der Waals surface area (Å²) >= 11 is 0. The third-order valence-corrected chi connectivity index (χ3v) is 1.69. The fraction of sp³-hybridized carbons (Fsp3) is 0.778. The molecule has 0 atom stereocenters. The fourth-order valence-electron chi connectivity index (χ4n) is 1.04. The zero-order valence-electron chi connectivity index (χ0n) is 8.25. The van der Waals surface area contributed by atoms with Crippen molar-refractivity contribution in [1.29, 1.82) is 5.26 Å². The Kier molecular flexibility index (Phi) is 6.93. The molecule has 4 heteroatoms. The Balaban J connectivity index is 3.69. The molecule has 0 fully saturated rings. The normalized spacial score (nSPS) is 9.69. The van der Waals surface area contributed by atoms with E-state index in [1.807, 2.05) is 11.8 Å². The van der Waals surface area contributed by atoms with Crippen LogP contribution in [0.15, 0.2) is 0 Å². The van der Waals surface area contributed by atoms with Crippen molar-refractivity contribution >= 4 is 5.97 Å². The molecule has 0 amide bonds. The number of hydrogen-bond donors (Lipinski definition) is 0. The van der Waals surface area contributed by atoms with Gasteiger partial charge in [-0.2, -0.15) is 5.26 Å². The van der Waals surface area contributed by atoms with Gasteiger partial charge in [0.15, 0.2) is 0 Å². The maximum absolute atomic E-state index is 10.8. The van der Waals surface area contributed by atoms with E-state index in [1.54, 1.807) is 0 Å². The quantitative estimate of drug-likeness (QED) is 0.452. The van der Waals surface area contributed by atoms with E-state index >= 15 is 0 Å². The van der Waals surface area contributed by atoms with Crippen molar-refractivity contribution < 1.29 is 9.53 Å². The molecule has 0 heterocycles. The average molecular weight is 184 g/mol. The topological polar surface area (TPSA) is 53.3 Å². The molecule has 0 spiro atoms. The van der Waals surface area contributed by atoms with Gasteiger partial charge in [-0.25, -0.2) is 0 Å². The number of methoxy groups -OCH3 is 1. The maximum Gasteiger partial charge on any atom is 0.306 e. The molecule has 0 aromatic rings. The van der Waals surface area contributed by atoms with Crippen molar-refractivity contribution in [2.24, 2.45) is 0 Å². The molecule has 13 heavy (non-hydrogen) atoms. The van der Waals surface area contributed by atoms with Gasteiger partial charge in [-0.05, 0) is 13.0 Å². The summed E-state index contributed by atoms with van der Waals surface area (Å²) in [5.74, 6) is -0.223. The minimum Gasteiger partial charge on any atom is -0.469 e. The molecular formula is C9H16N2O2. The predicted octanol–water partition coefficient (Wildman–Crippen LogP) is 0.785. The summed E-state index contributed by atoms with van der Waals surface area (Å²) in [5.41, 5.74) is 0. The van der Waals surface area contributed by atoms with Crippen molar-refractivity contribution in [3.05, 3.63) is 0 Å².